The van der Waals surface area contributed by atoms with E-state index in [9.17, 15) is 0 Å². The summed E-state index contributed by atoms with van der Waals surface area (Å²) >= 11 is 0. The smallest absolute Gasteiger partial charge is 0.0434 e. The molecule has 0 heterocycles. The second-order valence-electron chi connectivity index (χ2n) is 8.42. The molecule has 3 heteroatoms. The van der Waals surface area contributed by atoms with Gasteiger partial charge in [-0.3, -0.25) is 4.99 Å². The molecule has 0 saturated carbocycles. The van der Waals surface area contributed by atoms with E-state index >= 15 is 0 Å². The van der Waals surface area contributed by atoms with Crippen molar-refractivity contribution in [2.75, 3.05) is 12.7 Å². The molecule has 0 aliphatic carbocycles. The SMILES string of the molecule is C(=NCCP(c1ccccc1)c1ccccc1)c1ccccc1P(c1ccccc1)c1ccccc1. The van der Waals surface area contributed by atoms with E-state index in [2.05, 4.69) is 152 Å². The lowest BCUT2D eigenvalue weighted by Gasteiger charge is -2.21. The van der Waals surface area contributed by atoms with Gasteiger partial charge in [0.05, 0.1) is 0 Å². The van der Waals surface area contributed by atoms with E-state index in [1.54, 1.807) is 0 Å². The van der Waals surface area contributed by atoms with Gasteiger partial charge < -0.3 is 0 Å². The first-order valence-corrected chi connectivity index (χ1v) is 15.1. The van der Waals surface area contributed by atoms with Crippen LogP contribution < -0.4 is 26.5 Å². The van der Waals surface area contributed by atoms with E-state index in [4.69, 9.17) is 4.99 Å². The van der Waals surface area contributed by atoms with Crippen LogP contribution in [-0.2, 0) is 0 Å². The summed E-state index contributed by atoms with van der Waals surface area (Å²) in [4.78, 5) is 4.96. The van der Waals surface area contributed by atoms with Crippen LogP contribution in [-0.4, -0.2) is 18.9 Å². The first-order chi connectivity index (χ1) is 17.9. The van der Waals surface area contributed by atoms with Crippen LogP contribution in [0.2, 0.25) is 0 Å². The Balaban J connectivity index is 1.41. The van der Waals surface area contributed by atoms with Crippen molar-refractivity contribution < 1.29 is 0 Å². The number of nitrogens with zero attached hydrogens (tertiary/aromatic N) is 1. The van der Waals surface area contributed by atoms with Crippen LogP contribution in [0.15, 0.2) is 151 Å². The van der Waals surface area contributed by atoms with Crippen molar-refractivity contribution >= 4 is 48.6 Å². The standard InChI is InChI=1S/C33H29NP2/c1-5-16-29(17-6-1)35(30-18-7-2-8-19-30)26-25-34-27-28-15-13-14-24-33(28)36(31-20-9-3-10-21-31)32-22-11-4-12-23-32/h1-24,27H,25-26H2. The lowest BCUT2D eigenvalue weighted by molar-refractivity contribution is 1.15. The number of hydrogen-bond donors (Lipinski definition) is 0. The average Bonchev–Trinajstić information content (AvgIpc) is 2.96. The molecule has 36 heavy (non-hydrogen) atoms. The average molecular weight is 502 g/mol. The van der Waals surface area contributed by atoms with E-state index in [-0.39, 0.29) is 0 Å². The zero-order valence-electron chi connectivity index (χ0n) is 20.2. The second-order valence-corrected chi connectivity index (χ2v) is 12.9. The molecule has 0 N–H and O–H groups in total. The van der Waals surface area contributed by atoms with Gasteiger partial charge in [0.15, 0.2) is 0 Å². The minimum atomic E-state index is -0.660. The molecule has 0 aliphatic rings. The van der Waals surface area contributed by atoms with Gasteiger partial charge in [-0.15, -0.1) is 0 Å². The van der Waals surface area contributed by atoms with Crippen LogP contribution in [0.5, 0.6) is 0 Å². The maximum atomic E-state index is 4.96. The Kier molecular flexibility index (Phi) is 8.48. The van der Waals surface area contributed by atoms with Crippen molar-refractivity contribution in [2.24, 2.45) is 4.99 Å². The Bertz CT molecular complexity index is 1290. The highest BCUT2D eigenvalue weighted by molar-refractivity contribution is 7.80. The fraction of sp³-hybridized carbons (Fsp3) is 0.0606. The van der Waals surface area contributed by atoms with Gasteiger partial charge in [-0.1, -0.05) is 146 Å². The summed E-state index contributed by atoms with van der Waals surface area (Å²) in [7, 11) is -1.09. The Labute approximate surface area is 217 Å². The number of benzene rings is 5. The van der Waals surface area contributed by atoms with Gasteiger partial charge in [0.2, 0.25) is 0 Å². The van der Waals surface area contributed by atoms with Gasteiger partial charge in [0, 0.05) is 18.3 Å². The maximum Gasteiger partial charge on any atom is 0.0434 e. The highest BCUT2D eigenvalue weighted by atomic mass is 31.1. The zero-order valence-corrected chi connectivity index (χ0v) is 22.0. The molecule has 0 fully saturated rings. The van der Waals surface area contributed by atoms with E-state index in [0.29, 0.717) is 0 Å². The first kappa shape index (κ1) is 24.3. The third kappa shape index (κ3) is 6.06. The molecule has 176 valence electrons. The van der Waals surface area contributed by atoms with Gasteiger partial charge in [-0.25, -0.2) is 0 Å². The first-order valence-electron chi connectivity index (χ1n) is 12.3. The minimum absolute atomic E-state index is 0.433. The summed E-state index contributed by atoms with van der Waals surface area (Å²) in [6.45, 7) is 0.804. The van der Waals surface area contributed by atoms with Crippen LogP contribution in [0, 0.1) is 0 Å². The van der Waals surface area contributed by atoms with Crippen LogP contribution in [0.1, 0.15) is 5.56 Å². The van der Waals surface area contributed by atoms with E-state index in [1.165, 1.54) is 32.1 Å². The predicted molar refractivity (Wildman–Crippen MR) is 162 cm³/mol. The Morgan fingerprint density at radius 3 is 1.39 bits per heavy atom. The van der Waals surface area contributed by atoms with E-state index in [1.807, 2.05) is 0 Å². The summed E-state index contributed by atoms with van der Waals surface area (Å²) in [5.74, 6) is 0. The van der Waals surface area contributed by atoms with Gasteiger partial charge >= 0.3 is 0 Å². The van der Waals surface area contributed by atoms with Gasteiger partial charge in [0.1, 0.15) is 0 Å². The summed E-state index contributed by atoms with van der Waals surface area (Å²) in [5.41, 5.74) is 1.21. The van der Waals surface area contributed by atoms with E-state index in [0.717, 1.165) is 12.7 Å². The van der Waals surface area contributed by atoms with Crippen molar-refractivity contribution in [2.45, 2.75) is 0 Å². The molecule has 1 nitrogen and oxygen atoms in total. The molecule has 0 amide bonds. The second kappa shape index (κ2) is 12.5. The summed E-state index contributed by atoms with van der Waals surface area (Å²) in [5, 5.41) is 6.88. The number of hydrogen-bond acceptors (Lipinski definition) is 1. The molecule has 0 aliphatic heterocycles. The molecule has 5 rings (SSSR count). The van der Waals surface area contributed by atoms with Crippen LogP contribution in [0.25, 0.3) is 0 Å². The molecule has 0 unspecified atom stereocenters. The fourth-order valence-corrected chi connectivity index (χ4v) is 8.94. The molecule has 0 radical (unpaired) electrons. The minimum Gasteiger partial charge on any atom is -0.292 e. The molecule has 0 bridgehead atoms. The summed E-state index contributed by atoms with van der Waals surface area (Å²) in [6.07, 6.45) is 3.13. The molecule has 0 aromatic heterocycles. The van der Waals surface area contributed by atoms with Crippen LogP contribution >= 0.6 is 15.8 Å². The largest absolute Gasteiger partial charge is 0.292 e. The number of aliphatic imine (C=N–C) groups is 1. The van der Waals surface area contributed by atoms with Crippen molar-refractivity contribution in [1.82, 2.24) is 0 Å². The summed E-state index contributed by atoms with van der Waals surface area (Å²) in [6, 6.07) is 52.3. The lowest BCUT2D eigenvalue weighted by atomic mass is 10.2. The molecular formula is C33H29NP2. The zero-order chi connectivity index (χ0) is 24.4. The van der Waals surface area contributed by atoms with Crippen LogP contribution in [0.3, 0.4) is 0 Å². The topological polar surface area (TPSA) is 12.4 Å². The van der Waals surface area contributed by atoms with Crippen molar-refractivity contribution in [3.8, 4) is 0 Å². The van der Waals surface area contributed by atoms with Gasteiger partial charge in [-0.05, 0) is 48.5 Å². The Morgan fingerprint density at radius 2 is 0.889 bits per heavy atom. The van der Waals surface area contributed by atoms with Crippen molar-refractivity contribution in [3.05, 3.63) is 151 Å². The highest BCUT2D eigenvalue weighted by Crippen LogP contribution is 2.34. The Hall–Kier alpha value is -3.37. The van der Waals surface area contributed by atoms with E-state index < -0.39 is 15.8 Å². The number of rotatable bonds is 9. The predicted octanol–water partition coefficient (Wildman–Crippen LogP) is 6.00. The molecule has 0 saturated heterocycles. The van der Waals surface area contributed by atoms with Crippen molar-refractivity contribution in [1.29, 1.82) is 0 Å². The summed E-state index contributed by atoms with van der Waals surface area (Å²) < 4.78 is 0. The Morgan fingerprint density at radius 1 is 0.472 bits per heavy atom. The van der Waals surface area contributed by atoms with Crippen LogP contribution in [0.4, 0.5) is 0 Å². The molecule has 5 aromatic rings. The molecule has 5 aromatic carbocycles. The molecule has 0 spiro atoms. The molecule has 0 atom stereocenters. The van der Waals surface area contributed by atoms with Gasteiger partial charge in [-0.2, -0.15) is 0 Å². The lowest BCUT2D eigenvalue weighted by Crippen LogP contribution is -2.23. The quantitative estimate of drug-likeness (QED) is 0.174. The maximum absolute atomic E-state index is 4.96. The van der Waals surface area contributed by atoms with Gasteiger partial charge in [0.25, 0.3) is 0 Å². The highest BCUT2D eigenvalue weighted by Gasteiger charge is 2.18. The fourth-order valence-electron chi connectivity index (χ4n) is 4.33. The van der Waals surface area contributed by atoms with Crippen molar-refractivity contribution in [3.63, 3.8) is 0 Å². The normalized spacial score (nSPS) is 11.4. The third-order valence-electron chi connectivity index (χ3n) is 6.03. The molecular weight excluding hydrogens is 472 g/mol. The monoisotopic (exact) mass is 501 g/mol. The third-order valence-corrected chi connectivity index (χ3v) is 11.0.